The quantitative estimate of drug-likeness (QED) is 0.356. The largest absolute Gasteiger partial charge is 0.487 e. The van der Waals surface area contributed by atoms with Gasteiger partial charge in [0.05, 0.1) is 6.61 Å². The second-order valence-electron chi connectivity index (χ2n) is 3.26. The summed E-state index contributed by atoms with van der Waals surface area (Å²) in [6.45, 7) is 5.33. The summed E-state index contributed by atoms with van der Waals surface area (Å²) in [5.41, 5.74) is 0. The van der Waals surface area contributed by atoms with E-state index in [1.165, 1.54) is 0 Å². The van der Waals surface area contributed by atoms with E-state index in [9.17, 15) is 4.79 Å². The summed E-state index contributed by atoms with van der Waals surface area (Å²) >= 11 is 0. The molecule has 102 valence electrons. The van der Waals surface area contributed by atoms with E-state index in [0.717, 1.165) is 0 Å². The zero-order valence-corrected chi connectivity index (χ0v) is 10.1. The fourth-order valence-electron chi connectivity index (χ4n) is 0.856. The minimum atomic E-state index is -1.10. The molecule has 0 aromatic heterocycles. The minimum Gasteiger partial charge on any atom is -0.487 e. The number of carbonyl (C=O) groups is 1. The van der Waals surface area contributed by atoms with Gasteiger partial charge in [-0.05, 0) is 26.3 Å². The van der Waals surface area contributed by atoms with Gasteiger partial charge in [0.25, 0.3) is 0 Å². The Kier molecular flexibility index (Phi) is 13.9. The Morgan fingerprint density at radius 1 is 1.29 bits per heavy atom. The van der Waals surface area contributed by atoms with Gasteiger partial charge in [0.1, 0.15) is 0 Å². The Bertz CT molecular complexity index is 200. The maximum absolute atomic E-state index is 9.86. The Morgan fingerprint density at radius 3 is 2.06 bits per heavy atom. The van der Waals surface area contributed by atoms with Gasteiger partial charge in [0, 0.05) is 25.7 Å². The van der Waals surface area contributed by atoms with Crippen molar-refractivity contribution in [2.45, 2.75) is 19.8 Å². The molecule has 0 aliphatic rings. The average molecular weight is 250 g/mol. The molecule has 0 aromatic rings. The molecule has 17 heavy (non-hydrogen) atoms. The predicted molar refractivity (Wildman–Crippen MR) is 62.4 cm³/mol. The summed E-state index contributed by atoms with van der Waals surface area (Å²) in [7, 11) is 0. The predicted octanol–water partition coefficient (Wildman–Crippen LogP) is -0.0191. The zero-order valence-electron chi connectivity index (χ0n) is 10.1. The number of carboxylic acids is 1. The first-order valence-corrected chi connectivity index (χ1v) is 5.40. The minimum absolute atomic E-state index is 0.0104. The van der Waals surface area contributed by atoms with E-state index >= 15 is 0 Å². The van der Waals surface area contributed by atoms with Crippen molar-refractivity contribution in [1.82, 2.24) is 0 Å². The van der Waals surface area contributed by atoms with Gasteiger partial charge in [-0.15, -0.1) is 0 Å². The third-order valence-electron chi connectivity index (χ3n) is 1.84. The fourth-order valence-corrected chi connectivity index (χ4v) is 0.856. The maximum atomic E-state index is 9.86. The molecule has 6 heteroatoms. The Labute approximate surface area is 101 Å². The van der Waals surface area contributed by atoms with Gasteiger partial charge < -0.3 is 25.2 Å². The number of hydrogen-bond donors (Lipinski definition) is 4. The van der Waals surface area contributed by atoms with E-state index in [2.05, 4.69) is 11.3 Å². The molecule has 6 nitrogen and oxygen atoms in total. The highest BCUT2D eigenvalue weighted by Gasteiger charge is 2.03. The molecule has 0 aliphatic heterocycles. The van der Waals surface area contributed by atoms with E-state index < -0.39 is 5.97 Å². The molecule has 0 aliphatic carbocycles. The number of aliphatic hydroxyl groups excluding tert-OH is 3. The highest BCUT2D eigenvalue weighted by atomic mass is 16.5. The Morgan fingerprint density at radius 2 is 1.82 bits per heavy atom. The fraction of sp³-hybridized carbons (Fsp3) is 0.727. The van der Waals surface area contributed by atoms with Crippen molar-refractivity contribution in [1.29, 1.82) is 0 Å². The molecule has 0 unspecified atom stereocenters. The summed E-state index contributed by atoms with van der Waals surface area (Å²) in [6.07, 6.45) is 1.36. The van der Waals surface area contributed by atoms with Crippen LogP contribution in [-0.2, 0) is 9.53 Å². The van der Waals surface area contributed by atoms with Crippen LogP contribution in [0.25, 0.3) is 0 Å². The number of aliphatic hydroxyl groups is 3. The van der Waals surface area contributed by atoms with Gasteiger partial charge in [0.2, 0.25) is 0 Å². The van der Waals surface area contributed by atoms with Crippen molar-refractivity contribution in [3.05, 3.63) is 12.3 Å². The molecule has 0 rings (SSSR count). The van der Waals surface area contributed by atoms with Gasteiger partial charge >= 0.3 is 5.97 Å². The number of hydrogen-bond acceptors (Lipinski definition) is 5. The average Bonchev–Trinajstić information content (AvgIpc) is 2.31. The van der Waals surface area contributed by atoms with Crippen LogP contribution < -0.4 is 0 Å². The smallest absolute Gasteiger partial charge is 0.370 e. The van der Waals surface area contributed by atoms with Crippen LogP contribution in [0.5, 0.6) is 0 Å². The van der Waals surface area contributed by atoms with E-state index in [0.29, 0.717) is 19.4 Å². The van der Waals surface area contributed by atoms with Crippen molar-refractivity contribution in [2.24, 2.45) is 5.92 Å². The molecule has 0 aromatic carbocycles. The first-order valence-electron chi connectivity index (χ1n) is 5.40. The lowest BCUT2D eigenvalue weighted by Crippen LogP contribution is -2.11. The summed E-state index contributed by atoms with van der Waals surface area (Å²) in [5, 5.41) is 33.5. The molecule has 0 bridgehead atoms. The summed E-state index contributed by atoms with van der Waals surface area (Å²) in [5.74, 6) is -1.35. The second-order valence-corrected chi connectivity index (χ2v) is 3.26. The third kappa shape index (κ3) is 12.8. The van der Waals surface area contributed by atoms with E-state index in [-0.39, 0.29) is 31.5 Å². The lowest BCUT2D eigenvalue weighted by molar-refractivity contribution is -0.136. The maximum Gasteiger partial charge on any atom is 0.370 e. The van der Waals surface area contributed by atoms with Crippen LogP contribution in [0, 0.1) is 5.92 Å². The van der Waals surface area contributed by atoms with E-state index in [4.69, 9.17) is 20.4 Å². The van der Waals surface area contributed by atoms with E-state index in [1.54, 1.807) is 6.92 Å². The standard InChI is InChI=1S/C6H14O3.C5H8O3/c7-3-1-2-6(4-8)5-9;1-3-8-4(2)5(6)7/h6-9H,1-5H2;2-3H2,1H3,(H,6,7). The molecular formula is C11H22O6. The van der Waals surface area contributed by atoms with Crippen molar-refractivity contribution in [3.8, 4) is 0 Å². The molecule has 0 saturated heterocycles. The van der Waals surface area contributed by atoms with Crippen LogP contribution in [0.1, 0.15) is 19.8 Å². The van der Waals surface area contributed by atoms with Crippen LogP contribution in [0.2, 0.25) is 0 Å². The van der Waals surface area contributed by atoms with E-state index in [1.807, 2.05) is 0 Å². The van der Waals surface area contributed by atoms with Crippen LogP contribution in [0.15, 0.2) is 12.3 Å². The molecule has 0 atom stereocenters. The first-order chi connectivity index (χ1) is 8.03. The topological polar surface area (TPSA) is 107 Å². The highest BCUT2D eigenvalue weighted by Crippen LogP contribution is 2.02. The SMILES string of the molecule is C=C(OCC)C(=O)O.OCCCC(CO)CO. The van der Waals surface area contributed by atoms with Crippen LogP contribution in [0.3, 0.4) is 0 Å². The van der Waals surface area contributed by atoms with Gasteiger partial charge in [-0.3, -0.25) is 0 Å². The summed E-state index contributed by atoms with van der Waals surface area (Å²) < 4.78 is 4.51. The summed E-state index contributed by atoms with van der Waals surface area (Å²) in [4.78, 5) is 9.86. The van der Waals surface area contributed by atoms with Crippen molar-refractivity contribution < 1.29 is 30.0 Å². The number of ether oxygens (including phenoxy) is 1. The van der Waals surface area contributed by atoms with Crippen LogP contribution in [-0.4, -0.2) is 52.8 Å². The molecule has 4 N–H and O–H groups in total. The lowest BCUT2D eigenvalue weighted by Gasteiger charge is -2.07. The van der Waals surface area contributed by atoms with Crippen molar-refractivity contribution in [3.63, 3.8) is 0 Å². The number of carboxylic acid groups (broad SMARTS) is 1. The normalized spacial score (nSPS) is 9.47. The molecule has 0 radical (unpaired) electrons. The van der Waals surface area contributed by atoms with Gasteiger partial charge in [-0.1, -0.05) is 0 Å². The molecule has 0 amide bonds. The second kappa shape index (κ2) is 13.0. The zero-order chi connectivity index (χ0) is 13.7. The Hall–Kier alpha value is -1.11. The van der Waals surface area contributed by atoms with Crippen molar-refractivity contribution >= 4 is 5.97 Å². The van der Waals surface area contributed by atoms with Crippen molar-refractivity contribution in [2.75, 3.05) is 26.4 Å². The molecular weight excluding hydrogens is 228 g/mol. The molecule has 0 spiro atoms. The van der Waals surface area contributed by atoms with Gasteiger partial charge in [0.15, 0.2) is 5.76 Å². The van der Waals surface area contributed by atoms with Crippen LogP contribution in [0.4, 0.5) is 0 Å². The molecule has 0 fully saturated rings. The highest BCUT2D eigenvalue weighted by molar-refractivity contribution is 5.83. The number of rotatable bonds is 8. The lowest BCUT2D eigenvalue weighted by atomic mass is 10.1. The first kappa shape index (κ1) is 18.3. The summed E-state index contributed by atoms with van der Waals surface area (Å²) in [6, 6.07) is 0. The van der Waals surface area contributed by atoms with Gasteiger partial charge in [-0.2, -0.15) is 0 Å². The van der Waals surface area contributed by atoms with Crippen LogP contribution >= 0.6 is 0 Å². The Balaban J connectivity index is 0. The number of aliphatic carboxylic acids is 1. The monoisotopic (exact) mass is 250 g/mol. The molecule has 0 saturated carbocycles. The van der Waals surface area contributed by atoms with Gasteiger partial charge in [-0.25, -0.2) is 4.79 Å². The molecule has 0 heterocycles. The third-order valence-corrected chi connectivity index (χ3v) is 1.84.